The standard InChI is InChI=1S/C9H9FN4/c1-6-5-14(13-12-6)7-2-3-9(11)8(10)4-7/h2-5H,11H2,1H3. The van der Waals surface area contributed by atoms with Gasteiger partial charge in [0.05, 0.1) is 23.3 Å². The lowest BCUT2D eigenvalue weighted by Crippen LogP contribution is -1.97. The van der Waals surface area contributed by atoms with E-state index in [9.17, 15) is 4.39 Å². The zero-order chi connectivity index (χ0) is 10.1. The van der Waals surface area contributed by atoms with Crippen molar-refractivity contribution in [3.8, 4) is 5.69 Å². The van der Waals surface area contributed by atoms with Crippen molar-refractivity contribution in [2.24, 2.45) is 0 Å². The number of aryl methyl sites for hydroxylation is 1. The predicted octanol–water partition coefficient (Wildman–Crippen LogP) is 1.30. The van der Waals surface area contributed by atoms with Crippen LogP contribution in [0, 0.1) is 12.7 Å². The molecule has 4 nitrogen and oxygen atoms in total. The molecule has 0 bridgehead atoms. The summed E-state index contributed by atoms with van der Waals surface area (Å²) in [7, 11) is 0. The molecule has 1 heterocycles. The van der Waals surface area contributed by atoms with E-state index in [1.54, 1.807) is 12.3 Å². The Balaban J connectivity index is 2.47. The Morgan fingerprint density at radius 3 is 2.79 bits per heavy atom. The summed E-state index contributed by atoms with van der Waals surface area (Å²) < 4.78 is 14.6. The third kappa shape index (κ3) is 1.44. The summed E-state index contributed by atoms with van der Waals surface area (Å²) in [6.45, 7) is 1.82. The molecule has 5 heteroatoms. The van der Waals surface area contributed by atoms with E-state index >= 15 is 0 Å². The lowest BCUT2D eigenvalue weighted by Gasteiger charge is -2.01. The maximum atomic E-state index is 13.1. The average Bonchev–Trinajstić information content (AvgIpc) is 2.57. The van der Waals surface area contributed by atoms with E-state index in [1.807, 2.05) is 6.92 Å². The van der Waals surface area contributed by atoms with Crippen LogP contribution in [0.2, 0.25) is 0 Å². The summed E-state index contributed by atoms with van der Waals surface area (Å²) in [4.78, 5) is 0. The van der Waals surface area contributed by atoms with Crippen LogP contribution < -0.4 is 5.73 Å². The summed E-state index contributed by atoms with van der Waals surface area (Å²) in [5.74, 6) is -0.448. The summed E-state index contributed by atoms with van der Waals surface area (Å²) in [5.41, 5.74) is 6.87. The number of benzene rings is 1. The van der Waals surface area contributed by atoms with Gasteiger partial charge in [0.25, 0.3) is 0 Å². The molecule has 0 saturated carbocycles. The molecule has 0 aliphatic carbocycles. The number of hydrogen-bond donors (Lipinski definition) is 1. The Hall–Kier alpha value is -1.91. The zero-order valence-electron chi connectivity index (χ0n) is 7.61. The lowest BCUT2D eigenvalue weighted by atomic mass is 10.3. The van der Waals surface area contributed by atoms with Crippen molar-refractivity contribution in [3.05, 3.63) is 35.9 Å². The molecule has 2 aromatic rings. The van der Waals surface area contributed by atoms with E-state index in [0.29, 0.717) is 5.69 Å². The van der Waals surface area contributed by atoms with Gasteiger partial charge < -0.3 is 5.73 Å². The molecule has 0 aliphatic rings. The van der Waals surface area contributed by atoms with Gasteiger partial charge in [-0.15, -0.1) is 5.10 Å². The van der Waals surface area contributed by atoms with Gasteiger partial charge in [-0.1, -0.05) is 5.21 Å². The van der Waals surface area contributed by atoms with Crippen molar-refractivity contribution < 1.29 is 4.39 Å². The van der Waals surface area contributed by atoms with Gasteiger partial charge in [0.15, 0.2) is 0 Å². The van der Waals surface area contributed by atoms with Gasteiger partial charge in [0.2, 0.25) is 0 Å². The number of nitrogens with zero attached hydrogens (tertiary/aromatic N) is 3. The minimum Gasteiger partial charge on any atom is -0.396 e. The highest BCUT2D eigenvalue weighted by atomic mass is 19.1. The SMILES string of the molecule is Cc1cn(-c2ccc(N)c(F)c2)nn1. The third-order valence-electron chi connectivity index (χ3n) is 1.86. The van der Waals surface area contributed by atoms with Gasteiger partial charge in [-0.05, 0) is 19.1 Å². The second kappa shape index (κ2) is 3.10. The Labute approximate surface area is 80.2 Å². The number of hydrogen-bond acceptors (Lipinski definition) is 3. The first-order valence-corrected chi connectivity index (χ1v) is 4.11. The molecule has 0 saturated heterocycles. The Morgan fingerprint density at radius 2 is 2.21 bits per heavy atom. The molecule has 0 atom stereocenters. The van der Waals surface area contributed by atoms with Crippen LogP contribution >= 0.6 is 0 Å². The normalized spacial score (nSPS) is 10.4. The molecule has 0 amide bonds. The van der Waals surface area contributed by atoms with Gasteiger partial charge in [0, 0.05) is 6.07 Å². The number of halogens is 1. The van der Waals surface area contributed by atoms with Crippen molar-refractivity contribution in [1.82, 2.24) is 15.0 Å². The largest absolute Gasteiger partial charge is 0.396 e. The maximum Gasteiger partial charge on any atom is 0.148 e. The van der Waals surface area contributed by atoms with Gasteiger partial charge >= 0.3 is 0 Å². The Kier molecular flexibility index (Phi) is 1.92. The van der Waals surface area contributed by atoms with E-state index in [2.05, 4.69) is 10.3 Å². The Morgan fingerprint density at radius 1 is 1.43 bits per heavy atom. The molecule has 1 aromatic carbocycles. The number of nitrogen functional groups attached to an aromatic ring is 1. The predicted molar refractivity (Wildman–Crippen MR) is 50.5 cm³/mol. The topological polar surface area (TPSA) is 56.7 Å². The van der Waals surface area contributed by atoms with Crippen molar-refractivity contribution in [2.45, 2.75) is 6.92 Å². The van der Waals surface area contributed by atoms with Crippen LogP contribution in [0.15, 0.2) is 24.4 Å². The fraction of sp³-hybridized carbons (Fsp3) is 0.111. The monoisotopic (exact) mass is 192 g/mol. The molecule has 0 spiro atoms. The molecule has 0 fully saturated rings. The average molecular weight is 192 g/mol. The fourth-order valence-electron chi connectivity index (χ4n) is 1.13. The molecule has 0 aliphatic heterocycles. The number of nitrogens with two attached hydrogens (primary N) is 1. The van der Waals surface area contributed by atoms with E-state index in [1.165, 1.54) is 16.8 Å². The molecular weight excluding hydrogens is 183 g/mol. The van der Waals surface area contributed by atoms with Crippen molar-refractivity contribution >= 4 is 5.69 Å². The van der Waals surface area contributed by atoms with Crippen LogP contribution in [-0.4, -0.2) is 15.0 Å². The molecule has 1 aromatic heterocycles. The van der Waals surface area contributed by atoms with Gasteiger partial charge in [0.1, 0.15) is 5.82 Å². The van der Waals surface area contributed by atoms with Crippen LogP contribution in [0.25, 0.3) is 5.69 Å². The summed E-state index contributed by atoms with van der Waals surface area (Å²) in [5, 5.41) is 7.62. The molecule has 14 heavy (non-hydrogen) atoms. The molecule has 0 radical (unpaired) electrons. The molecular formula is C9H9FN4. The van der Waals surface area contributed by atoms with Crippen LogP contribution in [-0.2, 0) is 0 Å². The first-order valence-electron chi connectivity index (χ1n) is 4.11. The summed E-state index contributed by atoms with van der Waals surface area (Å²) in [6, 6.07) is 4.51. The minimum absolute atomic E-state index is 0.130. The molecule has 72 valence electrons. The smallest absolute Gasteiger partial charge is 0.148 e. The molecule has 0 unspecified atom stereocenters. The third-order valence-corrected chi connectivity index (χ3v) is 1.86. The number of aromatic nitrogens is 3. The minimum atomic E-state index is -0.448. The fourth-order valence-corrected chi connectivity index (χ4v) is 1.13. The van der Waals surface area contributed by atoms with E-state index in [4.69, 9.17) is 5.73 Å². The van der Waals surface area contributed by atoms with Crippen LogP contribution in [0.5, 0.6) is 0 Å². The van der Waals surface area contributed by atoms with Crippen LogP contribution in [0.4, 0.5) is 10.1 Å². The second-order valence-electron chi connectivity index (χ2n) is 3.01. The van der Waals surface area contributed by atoms with Gasteiger partial charge in [-0.2, -0.15) is 0 Å². The van der Waals surface area contributed by atoms with Crippen molar-refractivity contribution in [3.63, 3.8) is 0 Å². The highest BCUT2D eigenvalue weighted by Gasteiger charge is 2.03. The second-order valence-corrected chi connectivity index (χ2v) is 3.01. The first-order chi connectivity index (χ1) is 6.66. The summed E-state index contributed by atoms with van der Waals surface area (Å²) >= 11 is 0. The quantitative estimate of drug-likeness (QED) is 0.693. The van der Waals surface area contributed by atoms with Crippen molar-refractivity contribution in [2.75, 3.05) is 5.73 Å². The highest BCUT2D eigenvalue weighted by Crippen LogP contribution is 2.14. The van der Waals surface area contributed by atoms with Crippen LogP contribution in [0.1, 0.15) is 5.69 Å². The number of rotatable bonds is 1. The van der Waals surface area contributed by atoms with Crippen molar-refractivity contribution in [1.29, 1.82) is 0 Å². The Bertz CT molecular complexity index is 464. The number of anilines is 1. The van der Waals surface area contributed by atoms with Gasteiger partial charge in [-0.25, -0.2) is 9.07 Å². The van der Waals surface area contributed by atoms with Crippen LogP contribution in [0.3, 0.4) is 0 Å². The highest BCUT2D eigenvalue weighted by molar-refractivity contribution is 5.46. The lowest BCUT2D eigenvalue weighted by molar-refractivity contribution is 0.629. The van der Waals surface area contributed by atoms with E-state index in [-0.39, 0.29) is 5.69 Å². The zero-order valence-corrected chi connectivity index (χ0v) is 7.61. The first kappa shape index (κ1) is 8.68. The molecule has 2 rings (SSSR count). The van der Waals surface area contributed by atoms with E-state index in [0.717, 1.165) is 5.69 Å². The maximum absolute atomic E-state index is 13.1. The molecule has 2 N–H and O–H groups in total. The van der Waals surface area contributed by atoms with E-state index < -0.39 is 5.82 Å². The van der Waals surface area contributed by atoms with Gasteiger partial charge in [-0.3, -0.25) is 0 Å². The summed E-state index contributed by atoms with van der Waals surface area (Å²) in [6.07, 6.45) is 1.71.